The minimum absolute atomic E-state index is 0. The first kappa shape index (κ1) is 10.8. The lowest BCUT2D eigenvalue weighted by Gasteiger charge is -2.57. The third-order valence-electron chi connectivity index (χ3n) is 5.70. The van der Waals surface area contributed by atoms with Crippen LogP contribution in [0.5, 0.6) is 0 Å². The Bertz CT molecular complexity index is 441. The van der Waals surface area contributed by atoms with E-state index in [-0.39, 0.29) is 1.43 Å². The Labute approximate surface area is 110 Å². The highest BCUT2D eigenvalue weighted by Crippen LogP contribution is 2.60. The summed E-state index contributed by atoms with van der Waals surface area (Å²) in [5.74, 6) is 2.96. The van der Waals surface area contributed by atoms with Gasteiger partial charge in [-0.2, -0.15) is 0 Å². The van der Waals surface area contributed by atoms with Gasteiger partial charge >= 0.3 is 1.43 Å². The van der Waals surface area contributed by atoms with Crippen molar-refractivity contribution >= 4 is 6.29 Å². The smallest absolute Gasteiger partial charge is 0.298 e. The fourth-order valence-corrected chi connectivity index (χ4v) is 5.38. The van der Waals surface area contributed by atoms with E-state index >= 15 is 0 Å². The average Bonchev–Trinajstić information content (AvgIpc) is 2.37. The number of benzene rings is 1. The van der Waals surface area contributed by atoms with Gasteiger partial charge in [0, 0.05) is 5.56 Å². The number of hydrogen-bond donors (Lipinski definition) is 0. The second-order valence-corrected chi connectivity index (χ2v) is 6.94. The topological polar surface area (TPSA) is 17.1 Å². The minimum Gasteiger partial charge on any atom is -0.298 e. The molecule has 0 heterocycles. The van der Waals surface area contributed by atoms with Crippen LogP contribution in [-0.2, 0) is 5.41 Å². The van der Waals surface area contributed by atoms with E-state index in [0.717, 1.165) is 29.6 Å². The minimum atomic E-state index is 0. The molecule has 18 heavy (non-hydrogen) atoms. The summed E-state index contributed by atoms with van der Waals surface area (Å²) >= 11 is 0. The maximum Gasteiger partial charge on any atom is 1.00 e. The molecule has 4 aliphatic carbocycles. The second-order valence-electron chi connectivity index (χ2n) is 6.94. The van der Waals surface area contributed by atoms with Crippen molar-refractivity contribution in [2.24, 2.45) is 17.8 Å². The highest BCUT2D eigenvalue weighted by molar-refractivity contribution is 5.74. The van der Waals surface area contributed by atoms with Crippen molar-refractivity contribution in [1.29, 1.82) is 0 Å². The van der Waals surface area contributed by atoms with Crippen LogP contribution in [0, 0.1) is 17.8 Å². The number of carbonyl (C=O) groups is 1. The van der Waals surface area contributed by atoms with Crippen LogP contribution in [0.25, 0.3) is 0 Å². The van der Waals surface area contributed by atoms with Crippen LogP contribution in [0.2, 0.25) is 0 Å². The van der Waals surface area contributed by atoms with Gasteiger partial charge in [-0.05, 0) is 67.3 Å². The molecule has 1 heteroatoms. The molecule has 4 saturated carbocycles. The molecule has 4 aliphatic rings. The molecule has 0 amide bonds. The van der Waals surface area contributed by atoms with Crippen molar-refractivity contribution < 1.29 is 6.22 Å². The molecule has 0 atom stereocenters. The first-order valence-corrected chi connectivity index (χ1v) is 7.33. The fraction of sp³-hybridized carbons (Fsp3) is 0.588. The number of carbonyl (C=O) groups excluding carboxylic acids is 1. The molecule has 4 bridgehead atoms. The highest BCUT2D eigenvalue weighted by Gasteiger charge is 2.51. The number of aldehydes is 1. The van der Waals surface area contributed by atoms with Gasteiger partial charge in [0.15, 0.2) is 0 Å². The van der Waals surface area contributed by atoms with Crippen LogP contribution < -0.4 is 0 Å². The second kappa shape index (κ2) is 3.69. The van der Waals surface area contributed by atoms with Crippen molar-refractivity contribution in [3.8, 4) is 0 Å². The molecule has 1 aromatic rings. The van der Waals surface area contributed by atoms with Crippen LogP contribution in [0.1, 0.15) is 55.9 Å². The Balaban J connectivity index is 0.00000110. The Morgan fingerprint density at radius 3 is 1.89 bits per heavy atom. The summed E-state index contributed by atoms with van der Waals surface area (Å²) in [4.78, 5) is 10.8. The first-order chi connectivity index (χ1) is 8.77. The van der Waals surface area contributed by atoms with Crippen LogP contribution in [0.3, 0.4) is 0 Å². The van der Waals surface area contributed by atoms with Crippen molar-refractivity contribution in [2.75, 3.05) is 0 Å². The molecule has 1 nitrogen and oxygen atoms in total. The lowest BCUT2D eigenvalue weighted by molar-refractivity contribution is -0.00519. The van der Waals surface area contributed by atoms with Gasteiger partial charge in [-0.15, -0.1) is 0 Å². The van der Waals surface area contributed by atoms with Gasteiger partial charge < -0.3 is 0 Å². The zero-order chi connectivity index (χ0) is 12.2. The molecular weight excluding hydrogens is 220 g/mol. The van der Waals surface area contributed by atoms with E-state index in [1.165, 1.54) is 44.1 Å². The van der Waals surface area contributed by atoms with Crippen LogP contribution in [0.15, 0.2) is 24.3 Å². The van der Waals surface area contributed by atoms with Crippen LogP contribution >= 0.6 is 0 Å². The van der Waals surface area contributed by atoms with Gasteiger partial charge in [-0.3, -0.25) is 4.79 Å². The summed E-state index contributed by atoms with van der Waals surface area (Å²) in [6.45, 7) is 0. The fourth-order valence-electron chi connectivity index (χ4n) is 5.38. The average molecular weight is 241 g/mol. The van der Waals surface area contributed by atoms with Gasteiger partial charge in [-0.1, -0.05) is 24.3 Å². The molecule has 1 aromatic carbocycles. The monoisotopic (exact) mass is 241 g/mol. The zero-order valence-corrected chi connectivity index (χ0v) is 10.8. The number of hydrogen-bond acceptors (Lipinski definition) is 1. The third kappa shape index (κ3) is 1.49. The van der Waals surface area contributed by atoms with Gasteiger partial charge in [0.1, 0.15) is 6.29 Å². The van der Waals surface area contributed by atoms with Crippen molar-refractivity contribution in [3.05, 3.63) is 35.4 Å². The van der Waals surface area contributed by atoms with Gasteiger partial charge in [0.25, 0.3) is 0 Å². The Morgan fingerprint density at radius 2 is 1.44 bits per heavy atom. The van der Waals surface area contributed by atoms with E-state index < -0.39 is 0 Å². The lowest BCUT2D eigenvalue weighted by atomic mass is 9.48. The largest absolute Gasteiger partial charge is 1.00 e. The maximum absolute atomic E-state index is 10.8. The standard InChI is InChI=1S/C17H20O/c18-11-12-1-3-16(4-2-12)17-8-13-5-14(9-17)7-15(6-13)10-17/h1-4,11,13-15H,5-10H2/p+1. The Morgan fingerprint density at radius 1 is 0.944 bits per heavy atom. The molecule has 0 aromatic heterocycles. The molecule has 5 rings (SSSR count). The summed E-state index contributed by atoms with van der Waals surface area (Å²) in [7, 11) is 0. The SMILES string of the molecule is O=Cc1ccc(C23CC4CC(CC(C4)C2)C3)cc1.[H+]. The lowest BCUT2D eigenvalue weighted by Crippen LogP contribution is -2.48. The molecule has 0 saturated heterocycles. The number of rotatable bonds is 2. The van der Waals surface area contributed by atoms with E-state index in [1.807, 2.05) is 12.1 Å². The molecule has 4 fully saturated rings. The molecule has 0 radical (unpaired) electrons. The molecular formula is C17H21O+. The van der Waals surface area contributed by atoms with Crippen LogP contribution in [0.4, 0.5) is 0 Å². The summed E-state index contributed by atoms with van der Waals surface area (Å²) in [5.41, 5.74) is 2.78. The molecule has 0 aliphatic heterocycles. The third-order valence-corrected chi connectivity index (χ3v) is 5.70. The van der Waals surface area contributed by atoms with E-state index in [1.54, 1.807) is 0 Å². The summed E-state index contributed by atoms with van der Waals surface area (Å²) < 4.78 is 0. The molecule has 0 unspecified atom stereocenters. The van der Waals surface area contributed by atoms with E-state index in [4.69, 9.17) is 0 Å². The highest BCUT2D eigenvalue weighted by atomic mass is 16.1. The van der Waals surface area contributed by atoms with E-state index in [0.29, 0.717) is 5.41 Å². The van der Waals surface area contributed by atoms with Crippen LogP contribution in [-0.4, -0.2) is 6.29 Å². The van der Waals surface area contributed by atoms with Crippen molar-refractivity contribution in [1.82, 2.24) is 0 Å². The summed E-state index contributed by atoms with van der Waals surface area (Å²) in [5, 5.41) is 0. The van der Waals surface area contributed by atoms with E-state index in [9.17, 15) is 4.79 Å². The van der Waals surface area contributed by atoms with Gasteiger partial charge in [0.2, 0.25) is 0 Å². The summed E-state index contributed by atoms with van der Waals surface area (Å²) in [6.07, 6.45) is 9.63. The first-order valence-electron chi connectivity index (χ1n) is 7.33. The van der Waals surface area contributed by atoms with E-state index in [2.05, 4.69) is 12.1 Å². The predicted octanol–water partition coefficient (Wildman–Crippen LogP) is 4.08. The maximum atomic E-state index is 10.8. The molecule has 0 spiro atoms. The Kier molecular flexibility index (Phi) is 2.21. The summed E-state index contributed by atoms with van der Waals surface area (Å²) in [6, 6.07) is 8.44. The van der Waals surface area contributed by atoms with Gasteiger partial charge in [-0.25, -0.2) is 0 Å². The molecule has 94 valence electrons. The normalized spacial score (nSPS) is 41.0. The Hall–Kier alpha value is -1.11. The van der Waals surface area contributed by atoms with Crippen molar-refractivity contribution in [3.63, 3.8) is 0 Å². The quantitative estimate of drug-likeness (QED) is 0.713. The van der Waals surface area contributed by atoms with Crippen molar-refractivity contribution in [2.45, 2.75) is 43.9 Å². The van der Waals surface area contributed by atoms with Gasteiger partial charge in [0.05, 0.1) is 0 Å². The predicted molar refractivity (Wildman–Crippen MR) is 72.8 cm³/mol. The molecule has 0 N–H and O–H groups in total. The zero-order valence-electron chi connectivity index (χ0n) is 11.8.